The number of thioether (sulfide) groups is 1. The number of rotatable bonds is 4. The van der Waals surface area contributed by atoms with Gasteiger partial charge in [0.1, 0.15) is 5.82 Å². The van der Waals surface area contributed by atoms with Crippen molar-refractivity contribution in [3.8, 4) is 0 Å². The first-order valence-electron chi connectivity index (χ1n) is 5.87. The molecule has 0 saturated carbocycles. The Bertz CT molecular complexity index is 613. The minimum Gasteiger partial charge on any atom is -0.381 e. The summed E-state index contributed by atoms with van der Waals surface area (Å²) in [6, 6.07) is 10.4. The van der Waals surface area contributed by atoms with Gasteiger partial charge in [0.2, 0.25) is 0 Å². The van der Waals surface area contributed by atoms with Gasteiger partial charge in [0.25, 0.3) is 0 Å². The second-order valence-electron chi connectivity index (χ2n) is 4.16. The molecule has 0 radical (unpaired) electrons. The lowest BCUT2D eigenvalue weighted by atomic mass is 10.2. The molecule has 0 aliphatic carbocycles. The monoisotopic (exact) mass is 379 g/mol. The van der Waals surface area contributed by atoms with E-state index < -0.39 is 5.51 Å². The maximum atomic E-state index is 13.5. The van der Waals surface area contributed by atoms with Gasteiger partial charge in [-0.1, -0.05) is 15.9 Å². The molecule has 0 fully saturated rings. The van der Waals surface area contributed by atoms with Gasteiger partial charge < -0.3 is 5.32 Å². The number of hydrogen-bond donors (Lipinski definition) is 1. The van der Waals surface area contributed by atoms with Crippen LogP contribution in [-0.4, -0.2) is 5.51 Å². The predicted octanol–water partition coefficient (Wildman–Crippen LogP) is 5.81. The number of alkyl halides is 3. The smallest absolute Gasteiger partial charge is 0.381 e. The Balaban J connectivity index is 1.99. The fourth-order valence-electron chi connectivity index (χ4n) is 1.65. The molecule has 0 spiro atoms. The van der Waals surface area contributed by atoms with Crippen LogP contribution in [0.15, 0.2) is 51.8 Å². The lowest BCUT2D eigenvalue weighted by Gasteiger charge is -2.09. The van der Waals surface area contributed by atoms with Crippen molar-refractivity contribution in [2.75, 3.05) is 5.32 Å². The number of nitrogens with one attached hydrogen (secondary N) is 1. The summed E-state index contributed by atoms with van der Waals surface area (Å²) in [5.41, 5.74) is -3.20. The number of halogens is 5. The van der Waals surface area contributed by atoms with Gasteiger partial charge in [-0.25, -0.2) is 4.39 Å². The largest absolute Gasteiger partial charge is 0.446 e. The lowest BCUT2D eigenvalue weighted by molar-refractivity contribution is -0.0328. The van der Waals surface area contributed by atoms with Crippen LogP contribution in [-0.2, 0) is 6.54 Å². The third kappa shape index (κ3) is 5.24. The van der Waals surface area contributed by atoms with Crippen LogP contribution in [0.5, 0.6) is 0 Å². The fraction of sp³-hybridized carbons (Fsp3) is 0.143. The Labute approximate surface area is 131 Å². The molecule has 0 bridgehead atoms. The molecule has 0 aliphatic rings. The van der Waals surface area contributed by atoms with Crippen molar-refractivity contribution >= 4 is 33.4 Å². The van der Waals surface area contributed by atoms with Crippen LogP contribution in [0.25, 0.3) is 0 Å². The zero-order chi connectivity index (χ0) is 15.5. The fourth-order valence-corrected chi connectivity index (χ4v) is 2.60. The molecular formula is C14H10BrF4NS. The van der Waals surface area contributed by atoms with Crippen molar-refractivity contribution in [1.82, 2.24) is 0 Å². The van der Waals surface area contributed by atoms with Crippen LogP contribution in [0, 0.1) is 5.82 Å². The second-order valence-corrected chi connectivity index (χ2v) is 6.22. The van der Waals surface area contributed by atoms with Crippen LogP contribution in [0.1, 0.15) is 5.56 Å². The number of benzene rings is 2. The maximum Gasteiger partial charge on any atom is 0.446 e. The topological polar surface area (TPSA) is 12.0 Å². The molecule has 2 rings (SSSR count). The first-order valence-corrected chi connectivity index (χ1v) is 7.48. The second kappa shape index (κ2) is 6.70. The molecule has 0 unspecified atom stereocenters. The van der Waals surface area contributed by atoms with Crippen LogP contribution in [0.3, 0.4) is 0 Å². The number of hydrogen-bond acceptors (Lipinski definition) is 2. The molecule has 7 heteroatoms. The summed E-state index contributed by atoms with van der Waals surface area (Å²) in [5, 5.41) is 2.97. The molecule has 2 aromatic carbocycles. The summed E-state index contributed by atoms with van der Waals surface area (Å²) in [4.78, 5) is 0.113. The summed E-state index contributed by atoms with van der Waals surface area (Å²) in [5.74, 6) is -0.338. The van der Waals surface area contributed by atoms with Crippen molar-refractivity contribution in [1.29, 1.82) is 0 Å². The van der Waals surface area contributed by atoms with E-state index in [-0.39, 0.29) is 29.0 Å². The Morgan fingerprint density at radius 1 is 1.05 bits per heavy atom. The van der Waals surface area contributed by atoms with E-state index in [0.29, 0.717) is 11.3 Å². The maximum absolute atomic E-state index is 13.5. The standard InChI is InChI=1S/C14H10BrF4NS/c15-10-1-6-13(16)9(7-10)8-20-11-2-4-12(5-3-11)21-14(17,18)19/h1-7,20H,8H2. The zero-order valence-corrected chi connectivity index (χ0v) is 12.9. The molecule has 0 heterocycles. The van der Waals surface area contributed by atoms with E-state index in [4.69, 9.17) is 0 Å². The summed E-state index contributed by atoms with van der Waals surface area (Å²) >= 11 is 3.09. The highest BCUT2D eigenvalue weighted by Crippen LogP contribution is 2.37. The van der Waals surface area contributed by atoms with Gasteiger partial charge in [-0.2, -0.15) is 13.2 Å². The van der Waals surface area contributed by atoms with Crippen molar-refractivity contribution in [3.63, 3.8) is 0 Å². The van der Waals surface area contributed by atoms with Gasteiger partial charge in [-0.15, -0.1) is 0 Å². The van der Waals surface area contributed by atoms with Crippen molar-refractivity contribution < 1.29 is 17.6 Å². The predicted molar refractivity (Wildman–Crippen MR) is 79.8 cm³/mol. The summed E-state index contributed by atoms with van der Waals surface area (Å²) < 4.78 is 50.9. The van der Waals surface area contributed by atoms with Crippen molar-refractivity contribution in [3.05, 3.63) is 58.3 Å². The first kappa shape index (κ1) is 16.2. The average molecular weight is 380 g/mol. The van der Waals surface area contributed by atoms with Gasteiger partial charge in [-0.3, -0.25) is 0 Å². The van der Waals surface area contributed by atoms with E-state index in [1.54, 1.807) is 12.1 Å². The van der Waals surface area contributed by atoms with E-state index >= 15 is 0 Å². The van der Waals surface area contributed by atoms with Gasteiger partial charge in [-0.05, 0) is 54.2 Å². The molecule has 0 amide bonds. The highest BCUT2D eigenvalue weighted by atomic mass is 79.9. The van der Waals surface area contributed by atoms with E-state index in [1.165, 1.54) is 30.3 Å². The molecule has 0 aromatic heterocycles. The van der Waals surface area contributed by atoms with Gasteiger partial charge in [0, 0.05) is 27.2 Å². The highest BCUT2D eigenvalue weighted by molar-refractivity contribution is 9.10. The van der Waals surface area contributed by atoms with Crippen LogP contribution >= 0.6 is 27.7 Å². The molecule has 1 N–H and O–H groups in total. The average Bonchev–Trinajstić information content (AvgIpc) is 2.40. The molecule has 2 aromatic rings. The van der Waals surface area contributed by atoms with Crippen molar-refractivity contribution in [2.24, 2.45) is 0 Å². The Hall–Kier alpha value is -1.21. The van der Waals surface area contributed by atoms with E-state index in [0.717, 1.165) is 4.47 Å². The zero-order valence-electron chi connectivity index (χ0n) is 10.5. The van der Waals surface area contributed by atoms with Gasteiger partial charge in [0.15, 0.2) is 0 Å². The van der Waals surface area contributed by atoms with E-state index in [2.05, 4.69) is 21.2 Å². The molecule has 0 aliphatic heterocycles. The summed E-state index contributed by atoms with van der Waals surface area (Å²) in [7, 11) is 0. The normalized spacial score (nSPS) is 11.5. The molecular weight excluding hydrogens is 370 g/mol. The van der Waals surface area contributed by atoms with Gasteiger partial charge >= 0.3 is 5.51 Å². The molecule has 0 saturated heterocycles. The minimum atomic E-state index is -4.30. The molecule has 21 heavy (non-hydrogen) atoms. The Kier molecular flexibility index (Phi) is 5.16. The third-order valence-electron chi connectivity index (χ3n) is 2.58. The molecule has 112 valence electrons. The lowest BCUT2D eigenvalue weighted by Crippen LogP contribution is -2.02. The van der Waals surface area contributed by atoms with E-state index in [1.807, 2.05) is 0 Å². The van der Waals surface area contributed by atoms with Crippen LogP contribution in [0.4, 0.5) is 23.2 Å². The van der Waals surface area contributed by atoms with Gasteiger partial charge in [0.05, 0.1) is 0 Å². The SMILES string of the molecule is Fc1ccc(Br)cc1CNc1ccc(SC(F)(F)F)cc1. The first-order chi connectivity index (χ1) is 9.83. The number of anilines is 1. The van der Waals surface area contributed by atoms with Crippen molar-refractivity contribution in [2.45, 2.75) is 16.9 Å². The molecule has 0 atom stereocenters. The summed E-state index contributed by atoms with van der Waals surface area (Å²) in [6.07, 6.45) is 0. The third-order valence-corrected chi connectivity index (χ3v) is 3.81. The highest BCUT2D eigenvalue weighted by Gasteiger charge is 2.28. The van der Waals surface area contributed by atoms with Crippen LogP contribution in [0.2, 0.25) is 0 Å². The Morgan fingerprint density at radius 3 is 2.33 bits per heavy atom. The Morgan fingerprint density at radius 2 is 1.71 bits per heavy atom. The minimum absolute atomic E-state index is 0.113. The quantitative estimate of drug-likeness (QED) is 0.531. The van der Waals surface area contributed by atoms with Crippen LogP contribution < -0.4 is 5.32 Å². The summed E-state index contributed by atoms with van der Waals surface area (Å²) in [6.45, 7) is 0.247. The van der Waals surface area contributed by atoms with E-state index in [9.17, 15) is 17.6 Å². The molecule has 1 nitrogen and oxygen atoms in total.